The van der Waals surface area contributed by atoms with Crippen molar-refractivity contribution in [3.63, 3.8) is 0 Å². The van der Waals surface area contributed by atoms with Crippen LogP contribution in [0.3, 0.4) is 0 Å². The van der Waals surface area contributed by atoms with Crippen LogP contribution in [-0.2, 0) is 0 Å². The fraction of sp³-hybridized carbons (Fsp3) is 0. The van der Waals surface area contributed by atoms with Gasteiger partial charge >= 0.3 is 0 Å². The number of nitrogens with zero attached hydrogens (tertiary/aromatic N) is 1. The van der Waals surface area contributed by atoms with E-state index in [4.69, 9.17) is 4.42 Å². The fourth-order valence-corrected chi connectivity index (χ4v) is 2.31. The number of aromatic nitrogens is 2. The zero-order valence-corrected chi connectivity index (χ0v) is 9.85. The maximum atomic E-state index is 13.9. The molecule has 2 aromatic heterocycles. The molecule has 0 aliphatic carbocycles. The third kappa shape index (κ3) is 1.46. The van der Waals surface area contributed by atoms with E-state index in [1.807, 2.05) is 30.3 Å². The molecule has 4 aromatic rings. The van der Waals surface area contributed by atoms with Gasteiger partial charge in [-0.15, -0.1) is 0 Å². The number of benzene rings is 2. The second-order valence-corrected chi connectivity index (χ2v) is 4.38. The number of furan rings is 1. The van der Waals surface area contributed by atoms with Crippen LogP contribution in [-0.4, -0.2) is 10.2 Å². The molecular weight excluding hydrogens is 243 g/mol. The van der Waals surface area contributed by atoms with Gasteiger partial charge in [0.15, 0.2) is 5.76 Å². The van der Waals surface area contributed by atoms with Gasteiger partial charge < -0.3 is 4.42 Å². The van der Waals surface area contributed by atoms with Crippen LogP contribution in [0.2, 0.25) is 0 Å². The number of hydrogen-bond donors (Lipinski definition) is 1. The van der Waals surface area contributed by atoms with Crippen LogP contribution in [0.4, 0.5) is 4.39 Å². The van der Waals surface area contributed by atoms with Gasteiger partial charge in [0.05, 0.1) is 10.9 Å². The van der Waals surface area contributed by atoms with E-state index in [2.05, 4.69) is 10.2 Å². The van der Waals surface area contributed by atoms with E-state index in [0.29, 0.717) is 22.4 Å². The van der Waals surface area contributed by atoms with Crippen molar-refractivity contribution in [2.45, 2.75) is 0 Å². The molecule has 2 heterocycles. The Morgan fingerprint density at radius 3 is 2.84 bits per heavy atom. The van der Waals surface area contributed by atoms with Gasteiger partial charge in [0.2, 0.25) is 0 Å². The van der Waals surface area contributed by atoms with Crippen molar-refractivity contribution in [1.82, 2.24) is 10.2 Å². The molecule has 92 valence electrons. The summed E-state index contributed by atoms with van der Waals surface area (Å²) in [4.78, 5) is 0. The normalized spacial score (nSPS) is 11.4. The predicted molar refractivity (Wildman–Crippen MR) is 71.3 cm³/mol. The molecule has 0 spiro atoms. The summed E-state index contributed by atoms with van der Waals surface area (Å²) in [6.07, 6.45) is 0. The molecule has 0 atom stereocenters. The SMILES string of the molecule is Fc1cccc2[nH]nc(-c3cc4ccccc4o3)c12. The van der Waals surface area contributed by atoms with Crippen LogP contribution in [0.25, 0.3) is 33.3 Å². The number of nitrogens with one attached hydrogen (secondary N) is 1. The maximum Gasteiger partial charge on any atom is 0.156 e. The minimum atomic E-state index is -0.304. The highest BCUT2D eigenvalue weighted by atomic mass is 19.1. The summed E-state index contributed by atoms with van der Waals surface area (Å²) in [6.45, 7) is 0. The van der Waals surface area contributed by atoms with Crippen molar-refractivity contribution in [3.05, 3.63) is 54.3 Å². The first-order valence-corrected chi connectivity index (χ1v) is 5.94. The summed E-state index contributed by atoms with van der Waals surface area (Å²) in [6, 6.07) is 14.4. The van der Waals surface area contributed by atoms with Crippen molar-refractivity contribution >= 4 is 21.9 Å². The van der Waals surface area contributed by atoms with Crippen molar-refractivity contribution in [1.29, 1.82) is 0 Å². The molecule has 0 unspecified atom stereocenters. The number of rotatable bonds is 1. The lowest BCUT2D eigenvalue weighted by Gasteiger charge is -1.94. The minimum Gasteiger partial charge on any atom is -0.454 e. The lowest BCUT2D eigenvalue weighted by atomic mass is 10.1. The summed E-state index contributed by atoms with van der Waals surface area (Å²) in [5.74, 6) is 0.263. The Labute approximate surface area is 107 Å². The number of halogens is 1. The Hall–Kier alpha value is -2.62. The van der Waals surface area contributed by atoms with E-state index in [1.165, 1.54) is 6.07 Å². The van der Waals surface area contributed by atoms with E-state index in [0.717, 1.165) is 11.0 Å². The van der Waals surface area contributed by atoms with Crippen molar-refractivity contribution < 1.29 is 8.81 Å². The number of hydrogen-bond acceptors (Lipinski definition) is 2. The third-order valence-corrected chi connectivity index (χ3v) is 3.20. The van der Waals surface area contributed by atoms with Gasteiger partial charge in [-0.05, 0) is 24.3 Å². The van der Waals surface area contributed by atoms with Gasteiger partial charge in [-0.2, -0.15) is 5.10 Å². The first-order chi connectivity index (χ1) is 9.33. The standard InChI is InChI=1S/C15H9FN2O/c16-10-5-3-6-11-14(10)15(18-17-11)13-8-9-4-1-2-7-12(9)19-13/h1-8H,(H,17,18). The van der Waals surface area contributed by atoms with E-state index >= 15 is 0 Å². The molecule has 0 aliphatic heterocycles. The van der Waals surface area contributed by atoms with Crippen LogP contribution in [0, 0.1) is 5.82 Å². The summed E-state index contributed by atoms with van der Waals surface area (Å²) < 4.78 is 19.6. The van der Waals surface area contributed by atoms with E-state index in [9.17, 15) is 4.39 Å². The molecular formula is C15H9FN2O. The topological polar surface area (TPSA) is 41.8 Å². The van der Waals surface area contributed by atoms with E-state index in [1.54, 1.807) is 12.1 Å². The molecule has 0 radical (unpaired) electrons. The third-order valence-electron chi connectivity index (χ3n) is 3.20. The van der Waals surface area contributed by atoms with Crippen molar-refractivity contribution in [2.75, 3.05) is 0 Å². The molecule has 2 aromatic carbocycles. The van der Waals surface area contributed by atoms with Crippen LogP contribution < -0.4 is 0 Å². The maximum absolute atomic E-state index is 13.9. The average Bonchev–Trinajstić information content (AvgIpc) is 3.02. The number of aromatic amines is 1. The van der Waals surface area contributed by atoms with Crippen LogP contribution in [0.1, 0.15) is 0 Å². The Balaban J connectivity index is 2.04. The summed E-state index contributed by atoms with van der Waals surface area (Å²) in [7, 11) is 0. The van der Waals surface area contributed by atoms with Crippen molar-refractivity contribution in [2.24, 2.45) is 0 Å². The highest BCUT2D eigenvalue weighted by Gasteiger charge is 2.15. The Kier molecular flexibility index (Phi) is 2.00. The highest BCUT2D eigenvalue weighted by molar-refractivity contribution is 5.94. The van der Waals surface area contributed by atoms with Gasteiger partial charge in [0.1, 0.15) is 17.1 Å². The molecule has 19 heavy (non-hydrogen) atoms. The zero-order chi connectivity index (χ0) is 12.8. The summed E-state index contributed by atoms with van der Waals surface area (Å²) in [5.41, 5.74) is 1.93. The van der Waals surface area contributed by atoms with Gasteiger partial charge in [0, 0.05) is 5.39 Å². The predicted octanol–water partition coefficient (Wildman–Crippen LogP) is 4.12. The molecule has 3 nitrogen and oxygen atoms in total. The highest BCUT2D eigenvalue weighted by Crippen LogP contribution is 2.32. The lowest BCUT2D eigenvalue weighted by Crippen LogP contribution is -1.78. The lowest BCUT2D eigenvalue weighted by molar-refractivity contribution is 0.624. The van der Waals surface area contributed by atoms with E-state index < -0.39 is 0 Å². The zero-order valence-electron chi connectivity index (χ0n) is 9.85. The number of para-hydroxylation sites is 1. The van der Waals surface area contributed by atoms with Gasteiger partial charge in [-0.1, -0.05) is 24.3 Å². The average molecular weight is 252 g/mol. The molecule has 4 rings (SSSR count). The number of H-pyrrole nitrogens is 1. The van der Waals surface area contributed by atoms with Crippen LogP contribution in [0.5, 0.6) is 0 Å². The van der Waals surface area contributed by atoms with E-state index in [-0.39, 0.29) is 5.82 Å². The Bertz CT molecular complexity index is 858. The summed E-state index contributed by atoms with van der Waals surface area (Å²) in [5, 5.41) is 8.42. The first kappa shape index (κ1) is 10.3. The van der Waals surface area contributed by atoms with Gasteiger partial charge in [-0.3, -0.25) is 5.10 Å². The smallest absolute Gasteiger partial charge is 0.156 e. The van der Waals surface area contributed by atoms with Crippen molar-refractivity contribution in [3.8, 4) is 11.5 Å². The quantitative estimate of drug-likeness (QED) is 0.553. The summed E-state index contributed by atoms with van der Waals surface area (Å²) >= 11 is 0. The Morgan fingerprint density at radius 1 is 1.05 bits per heavy atom. The molecule has 1 N–H and O–H groups in total. The molecule has 0 saturated carbocycles. The van der Waals surface area contributed by atoms with Gasteiger partial charge in [-0.25, -0.2) is 4.39 Å². The monoisotopic (exact) mass is 252 g/mol. The van der Waals surface area contributed by atoms with Crippen LogP contribution in [0.15, 0.2) is 52.9 Å². The molecule has 0 bridgehead atoms. The van der Waals surface area contributed by atoms with Gasteiger partial charge in [0.25, 0.3) is 0 Å². The largest absolute Gasteiger partial charge is 0.454 e. The minimum absolute atomic E-state index is 0.304. The fourth-order valence-electron chi connectivity index (χ4n) is 2.31. The molecule has 0 amide bonds. The second kappa shape index (κ2) is 3.68. The molecule has 4 heteroatoms. The Morgan fingerprint density at radius 2 is 1.95 bits per heavy atom. The molecule has 0 saturated heterocycles. The molecule has 0 aliphatic rings. The first-order valence-electron chi connectivity index (χ1n) is 5.94. The molecule has 0 fully saturated rings. The second-order valence-electron chi connectivity index (χ2n) is 4.38. The number of fused-ring (bicyclic) bond motifs is 2. The van der Waals surface area contributed by atoms with Crippen LogP contribution >= 0.6 is 0 Å².